The van der Waals surface area contributed by atoms with Crippen molar-refractivity contribution >= 4 is 11.3 Å². The van der Waals surface area contributed by atoms with Crippen molar-refractivity contribution in [2.45, 2.75) is 59.4 Å². The van der Waals surface area contributed by atoms with Gasteiger partial charge in [-0.3, -0.25) is 0 Å². The zero-order valence-corrected chi connectivity index (χ0v) is 12.9. The third-order valence-corrected chi connectivity index (χ3v) is 4.07. The summed E-state index contributed by atoms with van der Waals surface area (Å²) in [5.74, 6) is 0. The minimum absolute atomic E-state index is 0.614. The van der Waals surface area contributed by atoms with Gasteiger partial charge in [0.25, 0.3) is 0 Å². The van der Waals surface area contributed by atoms with E-state index in [0.717, 1.165) is 13.0 Å². The highest BCUT2D eigenvalue weighted by atomic mass is 32.1. The molecular formula is C15H26N2S. The number of thiazole rings is 1. The highest BCUT2D eigenvalue weighted by molar-refractivity contribution is 7.09. The fourth-order valence-electron chi connectivity index (χ4n) is 1.89. The van der Waals surface area contributed by atoms with E-state index in [2.05, 4.69) is 44.1 Å². The number of allylic oxidation sites excluding steroid dienone is 2. The maximum atomic E-state index is 4.28. The lowest BCUT2D eigenvalue weighted by Crippen LogP contribution is -2.27. The first-order chi connectivity index (χ1) is 8.59. The van der Waals surface area contributed by atoms with Crippen LogP contribution in [-0.2, 0) is 6.42 Å². The van der Waals surface area contributed by atoms with Gasteiger partial charge < -0.3 is 5.32 Å². The van der Waals surface area contributed by atoms with E-state index in [1.54, 1.807) is 11.3 Å². The van der Waals surface area contributed by atoms with Crippen LogP contribution in [0, 0.1) is 6.92 Å². The number of nitrogens with one attached hydrogen (secondary N) is 1. The largest absolute Gasteiger partial charge is 0.314 e. The second-order valence-electron chi connectivity index (χ2n) is 5.18. The summed E-state index contributed by atoms with van der Waals surface area (Å²) in [5, 5.41) is 3.59. The molecule has 0 saturated heterocycles. The Morgan fingerprint density at radius 2 is 2.28 bits per heavy atom. The smallest absolute Gasteiger partial charge is 0.0797 e. The van der Waals surface area contributed by atoms with E-state index in [4.69, 9.17) is 0 Å². The molecular weight excluding hydrogens is 240 g/mol. The normalized spacial score (nSPS) is 12.4. The molecule has 0 amide bonds. The molecule has 0 saturated carbocycles. The number of aryl methyl sites for hydroxylation is 2. The van der Waals surface area contributed by atoms with Crippen LogP contribution < -0.4 is 5.32 Å². The number of hydrogen-bond acceptors (Lipinski definition) is 3. The van der Waals surface area contributed by atoms with Gasteiger partial charge in [0, 0.05) is 10.9 Å². The maximum absolute atomic E-state index is 4.28. The number of aromatic nitrogens is 1. The molecule has 0 spiro atoms. The second-order valence-corrected chi connectivity index (χ2v) is 6.12. The molecule has 0 aromatic carbocycles. The predicted molar refractivity (Wildman–Crippen MR) is 81.3 cm³/mol. The Morgan fingerprint density at radius 3 is 2.89 bits per heavy atom. The van der Waals surface area contributed by atoms with E-state index in [1.807, 2.05) is 5.51 Å². The molecule has 1 aromatic rings. The molecule has 18 heavy (non-hydrogen) atoms. The van der Waals surface area contributed by atoms with Gasteiger partial charge in [-0.1, -0.05) is 11.6 Å². The lowest BCUT2D eigenvalue weighted by Gasteiger charge is -2.12. The van der Waals surface area contributed by atoms with E-state index in [0.29, 0.717) is 6.04 Å². The van der Waals surface area contributed by atoms with Gasteiger partial charge in [0.05, 0.1) is 11.2 Å². The van der Waals surface area contributed by atoms with Crippen molar-refractivity contribution in [3.05, 3.63) is 27.7 Å². The molecule has 0 aliphatic heterocycles. The molecule has 0 unspecified atom stereocenters. The summed E-state index contributed by atoms with van der Waals surface area (Å²) < 4.78 is 0. The fraction of sp³-hybridized carbons (Fsp3) is 0.667. The number of hydrogen-bond donors (Lipinski definition) is 1. The minimum Gasteiger partial charge on any atom is -0.314 e. The van der Waals surface area contributed by atoms with E-state index in [9.17, 15) is 0 Å². The molecule has 1 aromatic heterocycles. The van der Waals surface area contributed by atoms with Crippen molar-refractivity contribution in [3.63, 3.8) is 0 Å². The summed E-state index contributed by atoms with van der Waals surface area (Å²) in [4.78, 5) is 5.72. The summed E-state index contributed by atoms with van der Waals surface area (Å²) in [7, 11) is 0. The molecule has 0 bridgehead atoms. The minimum atomic E-state index is 0.614. The van der Waals surface area contributed by atoms with Crippen LogP contribution in [0.15, 0.2) is 17.2 Å². The lowest BCUT2D eigenvalue weighted by atomic mass is 10.1. The van der Waals surface area contributed by atoms with Gasteiger partial charge in [0.1, 0.15) is 0 Å². The van der Waals surface area contributed by atoms with Crippen LogP contribution in [0.2, 0.25) is 0 Å². The van der Waals surface area contributed by atoms with Crippen LogP contribution in [0.5, 0.6) is 0 Å². The average Bonchev–Trinajstić information content (AvgIpc) is 2.70. The molecule has 0 aliphatic rings. The Labute approximate surface area is 116 Å². The zero-order valence-electron chi connectivity index (χ0n) is 12.1. The van der Waals surface area contributed by atoms with Gasteiger partial charge in [0.15, 0.2) is 0 Å². The van der Waals surface area contributed by atoms with E-state index < -0.39 is 0 Å². The lowest BCUT2D eigenvalue weighted by molar-refractivity contribution is 0.510. The third kappa shape index (κ3) is 6.31. The number of nitrogens with zero attached hydrogens (tertiary/aromatic N) is 1. The van der Waals surface area contributed by atoms with Crippen LogP contribution in [0.25, 0.3) is 0 Å². The highest BCUT2D eigenvalue weighted by Gasteiger charge is 2.02. The molecule has 1 N–H and O–H groups in total. The Hall–Kier alpha value is -0.670. The zero-order chi connectivity index (χ0) is 13.4. The third-order valence-electron chi connectivity index (χ3n) is 3.07. The molecule has 0 aliphatic carbocycles. The summed E-state index contributed by atoms with van der Waals surface area (Å²) in [6.07, 6.45) is 7.09. The van der Waals surface area contributed by atoms with Gasteiger partial charge in [0.2, 0.25) is 0 Å². The monoisotopic (exact) mass is 266 g/mol. The van der Waals surface area contributed by atoms with E-state index in [-0.39, 0.29) is 0 Å². The first-order valence-electron chi connectivity index (χ1n) is 6.85. The maximum Gasteiger partial charge on any atom is 0.0797 e. The van der Waals surface area contributed by atoms with Gasteiger partial charge >= 0.3 is 0 Å². The molecule has 0 radical (unpaired) electrons. The Kier molecular flexibility index (Phi) is 7.21. The predicted octanol–water partition coefficient (Wildman–Crippen LogP) is 4.11. The summed E-state index contributed by atoms with van der Waals surface area (Å²) in [6.45, 7) is 9.80. The molecule has 2 nitrogen and oxygen atoms in total. The van der Waals surface area contributed by atoms with Crippen molar-refractivity contribution in [2.24, 2.45) is 0 Å². The molecule has 0 fully saturated rings. The molecule has 1 atom stereocenters. The highest BCUT2D eigenvalue weighted by Crippen LogP contribution is 2.13. The topological polar surface area (TPSA) is 24.9 Å². The van der Waals surface area contributed by atoms with Crippen molar-refractivity contribution in [2.75, 3.05) is 6.54 Å². The van der Waals surface area contributed by atoms with E-state index in [1.165, 1.54) is 35.4 Å². The molecule has 102 valence electrons. The van der Waals surface area contributed by atoms with Crippen molar-refractivity contribution in [1.29, 1.82) is 0 Å². The summed E-state index contributed by atoms with van der Waals surface area (Å²) >= 11 is 1.78. The SMILES string of the molecule is CC(C)=CCC[C@H](C)NCCCc1scnc1C. The van der Waals surface area contributed by atoms with Gasteiger partial charge in [-0.25, -0.2) is 4.98 Å². The molecule has 1 heterocycles. The Morgan fingerprint density at radius 1 is 1.50 bits per heavy atom. The van der Waals surface area contributed by atoms with Crippen molar-refractivity contribution < 1.29 is 0 Å². The molecule has 1 rings (SSSR count). The fourth-order valence-corrected chi connectivity index (χ4v) is 2.71. The van der Waals surface area contributed by atoms with Crippen LogP contribution in [0.3, 0.4) is 0 Å². The average molecular weight is 266 g/mol. The van der Waals surface area contributed by atoms with Gasteiger partial charge in [-0.05, 0) is 59.9 Å². The first-order valence-corrected chi connectivity index (χ1v) is 7.73. The van der Waals surface area contributed by atoms with Crippen LogP contribution >= 0.6 is 11.3 Å². The van der Waals surface area contributed by atoms with Crippen molar-refractivity contribution in [3.8, 4) is 0 Å². The quantitative estimate of drug-likeness (QED) is 0.566. The number of rotatable bonds is 8. The first kappa shape index (κ1) is 15.4. The standard InChI is InChI=1S/C15H26N2S/c1-12(2)7-5-8-13(3)16-10-6-9-15-14(4)17-11-18-15/h7,11,13,16H,5-6,8-10H2,1-4H3/t13-/m0/s1. The Bertz CT molecular complexity index is 364. The van der Waals surface area contributed by atoms with Crippen LogP contribution in [0.4, 0.5) is 0 Å². The summed E-state index contributed by atoms with van der Waals surface area (Å²) in [5.41, 5.74) is 4.57. The van der Waals surface area contributed by atoms with Crippen LogP contribution in [-0.4, -0.2) is 17.6 Å². The van der Waals surface area contributed by atoms with Crippen molar-refractivity contribution in [1.82, 2.24) is 10.3 Å². The van der Waals surface area contributed by atoms with Gasteiger partial charge in [-0.15, -0.1) is 11.3 Å². The summed E-state index contributed by atoms with van der Waals surface area (Å²) in [6, 6.07) is 0.614. The van der Waals surface area contributed by atoms with E-state index >= 15 is 0 Å². The molecule has 3 heteroatoms. The Balaban J connectivity index is 2.07. The van der Waals surface area contributed by atoms with Gasteiger partial charge in [-0.2, -0.15) is 0 Å². The second kappa shape index (κ2) is 8.44. The van der Waals surface area contributed by atoms with Crippen LogP contribution in [0.1, 0.15) is 50.6 Å².